The molecule has 268 valence electrons. The van der Waals surface area contributed by atoms with Crippen LogP contribution in [0.3, 0.4) is 0 Å². The number of hydrogen-bond acceptors (Lipinski definition) is 5. The van der Waals surface area contributed by atoms with Crippen LogP contribution in [0, 0.1) is 0 Å². The van der Waals surface area contributed by atoms with Gasteiger partial charge in [0.1, 0.15) is 0 Å². The van der Waals surface area contributed by atoms with Crippen LogP contribution in [0.4, 0.5) is 0 Å². The highest BCUT2D eigenvalue weighted by Gasteiger charge is 2.11. The number of benzene rings is 1. The molecule has 10 heteroatoms. The van der Waals surface area contributed by atoms with Crippen molar-refractivity contribution in [1.82, 2.24) is 24.5 Å². The van der Waals surface area contributed by atoms with Gasteiger partial charge in [-0.3, -0.25) is 24.0 Å². The normalized spacial score (nSPS) is 9.39. The molecule has 0 aliphatic carbocycles. The lowest BCUT2D eigenvalue weighted by Crippen LogP contribution is -2.35. The summed E-state index contributed by atoms with van der Waals surface area (Å²) in [6.07, 6.45) is 12.9. The molecular formula is C39H57N5O5. The molecule has 0 bridgehead atoms. The summed E-state index contributed by atoms with van der Waals surface area (Å²) in [7, 11) is 6.88. The molecular weight excluding hydrogens is 618 g/mol. The SMILES string of the molecule is C=CC(=C)N(CCc1ccccc1)C(=O)C=C.C=CC(=O)N(C)CCCCCCN(C)C(=O)C=C.C=CC(=O)N(C)CCN(C)C(=O)C=C. The van der Waals surface area contributed by atoms with E-state index in [9.17, 15) is 24.0 Å². The number of nitrogens with zero attached hydrogens (tertiary/aromatic N) is 5. The molecule has 49 heavy (non-hydrogen) atoms. The summed E-state index contributed by atoms with van der Waals surface area (Å²) < 4.78 is 0. The first-order valence-electron chi connectivity index (χ1n) is 16.0. The molecule has 0 atom stereocenters. The summed E-state index contributed by atoms with van der Waals surface area (Å²) in [5.74, 6) is -0.516. The smallest absolute Gasteiger partial charge is 0.250 e. The first kappa shape index (κ1) is 45.9. The van der Waals surface area contributed by atoms with Crippen LogP contribution >= 0.6 is 0 Å². The maximum Gasteiger partial charge on any atom is 0.250 e. The van der Waals surface area contributed by atoms with Gasteiger partial charge in [0, 0.05) is 66.6 Å². The van der Waals surface area contributed by atoms with Gasteiger partial charge in [-0.15, -0.1) is 0 Å². The third-order valence-corrected chi connectivity index (χ3v) is 7.20. The molecule has 0 aliphatic heterocycles. The summed E-state index contributed by atoms with van der Waals surface area (Å²) >= 11 is 0. The minimum absolute atomic E-state index is 0.0358. The van der Waals surface area contributed by atoms with E-state index in [0.717, 1.165) is 45.2 Å². The molecule has 0 unspecified atom stereocenters. The molecule has 0 aliphatic rings. The van der Waals surface area contributed by atoms with Gasteiger partial charge in [-0.25, -0.2) is 0 Å². The second-order valence-corrected chi connectivity index (χ2v) is 10.9. The Hall–Kier alpha value is -5.25. The van der Waals surface area contributed by atoms with E-state index >= 15 is 0 Å². The predicted molar refractivity (Wildman–Crippen MR) is 201 cm³/mol. The Bertz CT molecular complexity index is 1200. The molecule has 0 aromatic heterocycles. The quantitative estimate of drug-likeness (QED) is 0.109. The summed E-state index contributed by atoms with van der Waals surface area (Å²) in [5, 5.41) is 0. The van der Waals surface area contributed by atoms with E-state index in [-0.39, 0.29) is 29.5 Å². The molecule has 0 heterocycles. The van der Waals surface area contributed by atoms with Crippen LogP contribution in [0.25, 0.3) is 0 Å². The zero-order valence-electron chi connectivity index (χ0n) is 30.1. The number of likely N-dealkylation sites (N-methyl/N-ethyl adjacent to an activating group) is 4. The van der Waals surface area contributed by atoms with Crippen molar-refractivity contribution in [3.63, 3.8) is 0 Å². The largest absolute Gasteiger partial charge is 0.342 e. The third-order valence-electron chi connectivity index (χ3n) is 7.20. The van der Waals surface area contributed by atoms with Gasteiger partial charge in [-0.1, -0.05) is 89.2 Å². The van der Waals surface area contributed by atoms with Crippen LogP contribution in [0.5, 0.6) is 0 Å². The Kier molecular flexibility index (Phi) is 26.0. The number of unbranched alkanes of at least 4 members (excludes halogenated alkanes) is 3. The van der Waals surface area contributed by atoms with E-state index in [4.69, 9.17) is 0 Å². The molecule has 1 aromatic carbocycles. The Balaban J connectivity index is 0. The topological polar surface area (TPSA) is 102 Å². The molecule has 0 saturated heterocycles. The molecule has 0 radical (unpaired) electrons. The maximum atomic E-state index is 11.6. The highest BCUT2D eigenvalue weighted by molar-refractivity contribution is 5.89. The second-order valence-electron chi connectivity index (χ2n) is 10.9. The van der Waals surface area contributed by atoms with Crippen molar-refractivity contribution in [2.24, 2.45) is 0 Å². The van der Waals surface area contributed by atoms with Gasteiger partial charge >= 0.3 is 0 Å². The van der Waals surface area contributed by atoms with Gasteiger partial charge < -0.3 is 24.5 Å². The number of allylic oxidation sites excluding steroid dienone is 1. The van der Waals surface area contributed by atoms with Crippen LogP contribution in [-0.4, -0.2) is 115 Å². The summed E-state index contributed by atoms with van der Waals surface area (Å²) in [4.78, 5) is 64.0. The minimum atomic E-state index is -0.149. The number of carbonyl (C=O) groups is 5. The number of amides is 5. The predicted octanol–water partition coefficient (Wildman–Crippen LogP) is 5.05. The fourth-order valence-electron chi connectivity index (χ4n) is 3.92. The summed E-state index contributed by atoms with van der Waals surface area (Å²) in [6, 6.07) is 10.0. The average molecular weight is 676 g/mol. The van der Waals surface area contributed by atoms with Gasteiger partial charge in [0.05, 0.1) is 0 Å². The van der Waals surface area contributed by atoms with E-state index in [1.54, 1.807) is 49.0 Å². The third kappa shape index (κ3) is 21.3. The Morgan fingerprint density at radius 3 is 1.16 bits per heavy atom. The van der Waals surface area contributed by atoms with Crippen molar-refractivity contribution < 1.29 is 24.0 Å². The molecule has 5 amide bonds. The Morgan fingerprint density at radius 2 is 0.837 bits per heavy atom. The number of hydrogen-bond donors (Lipinski definition) is 0. The maximum absolute atomic E-state index is 11.6. The Labute approximate surface area is 294 Å². The first-order chi connectivity index (χ1) is 23.2. The standard InChI is InChI=1S/C15H17NO.C14H24N2O2.C10H16N2O2/c1-4-13(3)16(15(17)5-2)12-11-14-9-7-6-8-10-14;1-5-13(17)15(3)11-9-7-8-10-12-16(4)14(18)6-2;1-5-9(13)11(3)7-8-12(4)10(14)6-2/h4-10H,1-3,11-12H2;5-6H,1-2,7-12H2,3-4H3;5-6H,1-2,7-8H2,3-4H3. The fourth-order valence-corrected chi connectivity index (χ4v) is 3.92. The monoisotopic (exact) mass is 675 g/mol. The number of carbonyl (C=O) groups excluding carboxylic acids is 5. The zero-order valence-corrected chi connectivity index (χ0v) is 30.1. The van der Waals surface area contributed by atoms with Gasteiger partial charge in [-0.05, 0) is 61.3 Å². The van der Waals surface area contributed by atoms with Crippen LogP contribution in [0.2, 0.25) is 0 Å². The first-order valence-corrected chi connectivity index (χ1v) is 16.0. The van der Waals surface area contributed by atoms with Gasteiger partial charge in [0.25, 0.3) is 0 Å². The van der Waals surface area contributed by atoms with Crippen LogP contribution in [0.1, 0.15) is 31.2 Å². The van der Waals surface area contributed by atoms with E-state index in [1.807, 2.05) is 30.3 Å². The fraction of sp³-hybridized carbons (Fsp3) is 0.359. The molecule has 0 N–H and O–H groups in total. The zero-order chi connectivity index (χ0) is 37.8. The van der Waals surface area contributed by atoms with Crippen LogP contribution in [-0.2, 0) is 30.4 Å². The highest BCUT2D eigenvalue weighted by atomic mass is 16.2. The molecule has 1 rings (SSSR count). The lowest BCUT2D eigenvalue weighted by atomic mass is 10.1. The van der Waals surface area contributed by atoms with Crippen molar-refractivity contribution in [1.29, 1.82) is 0 Å². The van der Waals surface area contributed by atoms with Crippen LogP contribution < -0.4 is 0 Å². The van der Waals surface area contributed by atoms with Crippen LogP contribution in [0.15, 0.2) is 119 Å². The average Bonchev–Trinajstić information content (AvgIpc) is 3.13. The summed E-state index contributed by atoms with van der Waals surface area (Å²) in [6.45, 7) is 27.6. The van der Waals surface area contributed by atoms with Crippen molar-refractivity contribution >= 4 is 29.5 Å². The van der Waals surface area contributed by atoms with Crippen molar-refractivity contribution in [3.8, 4) is 0 Å². The molecule has 1 aromatic rings. The molecule has 10 nitrogen and oxygen atoms in total. The molecule has 0 saturated carbocycles. The molecule has 0 fully saturated rings. The lowest BCUT2D eigenvalue weighted by molar-refractivity contribution is -0.128. The number of rotatable bonds is 20. The van der Waals surface area contributed by atoms with Crippen molar-refractivity contribution in [3.05, 3.63) is 124 Å². The van der Waals surface area contributed by atoms with E-state index in [1.165, 1.54) is 45.7 Å². The molecule has 0 spiro atoms. The Morgan fingerprint density at radius 1 is 0.490 bits per heavy atom. The second kappa shape index (κ2) is 27.8. The van der Waals surface area contributed by atoms with E-state index in [0.29, 0.717) is 25.3 Å². The van der Waals surface area contributed by atoms with Crippen molar-refractivity contribution in [2.45, 2.75) is 32.1 Å². The van der Waals surface area contributed by atoms with E-state index in [2.05, 4.69) is 46.1 Å². The summed E-state index contributed by atoms with van der Waals surface area (Å²) in [5.41, 5.74) is 1.79. The highest BCUT2D eigenvalue weighted by Crippen LogP contribution is 2.08. The van der Waals surface area contributed by atoms with Gasteiger partial charge in [0.2, 0.25) is 29.5 Å². The lowest BCUT2D eigenvalue weighted by Gasteiger charge is -2.21. The minimum Gasteiger partial charge on any atom is -0.342 e. The van der Waals surface area contributed by atoms with E-state index < -0.39 is 0 Å². The van der Waals surface area contributed by atoms with Gasteiger partial charge in [-0.2, -0.15) is 0 Å². The van der Waals surface area contributed by atoms with Gasteiger partial charge in [0.15, 0.2) is 0 Å². The van der Waals surface area contributed by atoms with Crippen molar-refractivity contribution in [2.75, 3.05) is 60.9 Å².